The topological polar surface area (TPSA) is 87.4 Å². The molecule has 0 aliphatic heterocycles. The number of amides is 1. The summed E-state index contributed by atoms with van der Waals surface area (Å²) in [5.41, 5.74) is -0.329. The second kappa shape index (κ2) is 6.83. The number of rotatable bonds is 6. The summed E-state index contributed by atoms with van der Waals surface area (Å²) in [6.07, 6.45) is 2.19. The normalized spacial score (nSPS) is 15.0. The number of aromatic nitrogens is 2. The molecule has 0 aliphatic rings. The van der Waals surface area contributed by atoms with Crippen molar-refractivity contribution < 1.29 is 15.0 Å². The predicted octanol–water partition coefficient (Wildman–Crippen LogP) is 2.10. The number of carbonyl (C=O) groups excluding carboxylic acids is 1. The van der Waals surface area contributed by atoms with Crippen molar-refractivity contribution >= 4 is 5.91 Å². The van der Waals surface area contributed by atoms with Crippen molar-refractivity contribution in [1.82, 2.24) is 15.1 Å². The highest BCUT2D eigenvalue weighted by Gasteiger charge is 2.28. The maximum atomic E-state index is 12.2. The number of carbonyl (C=O) groups is 1. The fraction of sp³-hybridized carbons (Fsp3) is 0.412. The molecule has 1 aromatic heterocycles. The lowest BCUT2D eigenvalue weighted by Gasteiger charge is -2.29. The molecule has 1 heterocycles. The second-order valence-corrected chi connectivity index (χ2v) is 5.99. The van der Waals surface area contributed by atoms with Crippen LogP contribution in [0.25, 0.3) is 5.69 Å². The lowest BCUT2D eigenvalue weighted by atomic mass is 9.88. The van der Waals surface area contributed by atoms with E-state index in [4.69, 9.17) is 0 Å². The van der Waals surface area contributed by atoms with Crippen LogP contribution in [0.2, 0.25) is 0 Å². The van der Waals surface area contributed by atoms with E-state index in [1.165, 1.54) is 10.9 Å². The summed E-state index contributed by atoms with van der Waals surface area (Å²) in [7, 11) is 0. The molecule has 0 aliphatic carbocycles. The summed E-state index contributed by atoms with van der Waals surface area (Å²) in [6.45, 7) is 5.68. The average Bonchev–Trinajstić information content (AvgIpc) is 2.94. The Balaban J connectivity index is 2.10. The fourth-order valence-corrected chi connectivity index (χ4v) is 2.20. The standard InChI is InChI=1S/C17H23N3O3/c1-4-12(2)17(3,23)11-18-16(22)15-14(21)10-20(19-15)13-8-6-5-7-9-13/h5-10,12,21,23H,4,11H2,1-3H3,(H,18,22). The van der Waals surface area contributed by atoms with Gasteiger partial charge in [-0.05, 0) is 25.0 Å². The molecule has 124 valence electrons. The minimum Gasteiger partial charge on any atom is -0.504 e. The number of hydrogen-bond donors (Lipinski definition) is 3. The molecule has 2 unspecified atom stereocenters. The van der Waals surface area contributed by atoms with Crippen LogP contribution in [0.1, 0.15) is 37.7 Å². The summed E-state index contributed by atoms with van der Waals surface area (Å²) in [5, 5.41) is 27.0. The van der Waals surface area contributed by atoms with E-state index in [2.05, 4.69) is 10.4 Å². The SMILES string of the molecule is CCC(C)C(C)(O)CNC(=O)c1nn(-c2ccccc2)cc1O. The van der Waals surface area contributed by atoms with Gasteiger partial charge >= 0.3 is 0 Å². The van der Waals surface area contributed by atoms with Crippen LogP contribution in [0, 0.1) is 5.92 Å². The maximum Gasteiger partial charge on any atom is 0.275 e. The van der Waals surface area contributed by atoms with Gasteiger partial charge in [-0.3, -0.25) is 4.79 Å². The van der Waals surface area contributed by atoms with Gasteiger partial charge in [0.25, 0.3) is 5.91 Å². The highest BCUT2D eigenvalue weighted by Crippen LogP contribution is 2.20. The van der Waals surface area contributed by atoms with Crippen LogP contribution in [-0.4, -0.2) is 38.0 Å². The number of hydrogen-bond acceptors (Lipinski definition) is 4. The van der Waals surface area contributed by atoms with Gasteiger partial charge in [-0.25, -0.2) is 4.68 Å². The van der Waals surface area contributed by atoms with E-state index in [0.717, 1.165) is 12.1 Å². The second-order valence-electron chi connectivity index (χ2n) is 5.99. The van der Waals surface area contributed by atoms with Crippen LogP contribution in [0.15, 0.2) is 36.5 Å². The first-order valence-corrected chi connectivity index (χ1v) is 7.69. The zero-order chi connectivity index (χ0) is 17.0. The van der Waals surface area contributed by atoms with Gasteiger partial charge < -0.3 is 15.5 Å². The van der Waals surface area contributed by atoms with E-state index >= 15 is 0 Å². The Morgan fingerprint density at radius 2 is 2.04 bits per heavy atom. The van der Waals surface area contributed by atoms with Gasteiger partial charge in [-0.2, -0.15) is 5.10 Å². The largest absolute Gasteiger partial charge is 0.504 e. The van der Waals surface area contributed by atoms with Crippen molar-refractivity contribution in [1.29, 1.82) is 0 Å². The van der Waals surface area contributed by atoms with Crippen LogP contribution >= 0.6 is 0 Å². The molecule has 2 aromatic rings. The molecule has 6 nitrogen and oxygen atoms in total. The molecule has 0 fully saturated rings. The van der Waals surface area contributed by atoms with E-state index in [1.807, 2.05) is 44.2 Å². The molecular formula is C17H23N3O3. The number of aliphatic hydroxyl groups is 1. The molecule has 0 saturated heterocycles. The summed E-state index contributed by atoms with van der Waals surface area (Å²) >= 11 is 0. The molecule has 1 aromatic carbocycles. The minimum absolute atomic E-state index is 0.0401. The molecule has 0 saturated carbocycles. The van der Waals surface area contributed by atoms with Gasteiger partial charge in [0.1, 0.15) is 0 Å². The molecular weight excluding hydrogens is 294 g/mol. The van der Waals surface area contributed by atoms with Crippen LogP contribution in [0.3, 0.4) is 0 Å². The number of aromatic hydroxyl groups is 1. The Hall–Kier alpha value is -2.34. The van der Waals surface area contributed by atoms with Gasteiger partial charge in [0, 0.05) is 6.54 Å². The summed E-state index contributed by atoms with van der Waals surface area (Å²) in [6, 6.07) is 9.20. The molecule has 2 atom stereocenters. The van der Waals surface area contributed by atoms with Gasteiger partial charge in [0.2, 0.25) is 0 Å². The van der Waals surface area contributed by atoms with Crippen molar-refractivity contribution in [3.8, 4) is 11.4 Å². The third-order valence-electron chi connectivity index (χ3n) is 4.21. The van der Waals surface area contributed by atoms with Crippen molar-refractivity contribution in [2.24, 2.45) is 5.92 Å². The van der Waals surface area contributed by atoms with Gasteiger partial charge in [0.05, 0.1) is 17.5 Å². The quantitative estimate of drug-likeness (QED) is 0.761. The lowest BCUT2D eigenvalue weighted by Crippen LogP contribution is -2.45. The first-order valence-electron chi connectivity index (χ1n) is 7.69. The number of benzene rings is 1. The predicted molar refractivity (Wildman–Crippen MR) is 87.6 cm³/mol. The molecule has 2 rings (SSSR count). The summed E-state index contributed by atoms with van der Waals surface area (Å²) in [5.74, 6) is -0.673. The van der Waals surface area contributed by atoms with Crippen molar-refractivity contribution in [3.05, 3.63) is 42.2 Å². The monoisotopic (exact) mass is 317 g/mol. The molecule has 0 radical (unpaired) electrons. The van der Waals surface area contributed by atoms with E-state index in [9.17, 15) is 15.0 Å². The van der Waals surface area contributed by atoms with Crippen LogP contribution in [0.4, 0.5) is 0 Å². The summed E-state index contributed by atoms with van der Waals surface area (Å²) < 4.78 is 1.44. The Kier molecular flexibility index (Phi) is 5.05. The van der Waals surface area contributed by atoms with E-state index < -0.39 is 11.5 Å². The van der Waals surface area contributed by atoms with Crippen LogP contribution in [0.5, 0.6) is 5.75 Å². The number of nitrogens with one attached hydrogen (secondary N) is 1. The first-order chi connectivity index (χ1) is 10.8. The Morgan fingerprint density at radius 1 is 1.39 bits per heavy atom. The van der Waals surface area contributed by atoms with E-state index in [-0.39, 0.29) is 23.9 Å². The fourth-order valence-electron chi connectivity index (χ4n) is 2.20. The number of nitrogens with zero attached hydrogens (tertiary/aromatic N) is 2. The van der Waals surface area contributed by atoms with E-state index in [1.54, 1.807) is 6.92 Å². The Labute approximate surface area is 135 Å². The third-order valence-corrected chi connectivity index (χ3v) is 4.21. The maximum absolute atomic E-state index is 12.2. The third kappa shape index (κ3) is 3.90. The van der Waals surface area contributed by atoms with Gasteiger partial charge in [-0.1, -0.05) is 38.5 Å². The van der Waals surface area contributed by atoms with Crippen molar-refractivity contribution in [2.45, 2.75) is 32.8 Å². The Morgan fingerprint density at radius 3 is 2.65 bits per heavy atom. The first kappa shape index (κ1) is 17.0. The molecule has 3 N–H and O–H groups in total. The van der Waals surface area contributed by atoms with Crippen LogP contribution < -0.4 is 5.32 Å². The zero-order valence-corrected chi connectivity index (χ0v) is 13.7. The molecule has 1 amide bonds. The van der Waals surface area contributed by atoms with E-state index in [0.29, 0.717) is 0 Å². The minimum atomic E-state index is -1.01. The highest BCUT2D eigenvalue weighted by molar-refractivity contribution is 5.94. The average molecular weight is 317 g/mol. The zero-order valence-electron chi connectivity index (χ0n) is 13.7. The van der Waals surface area contributed by atoms with Crippen LogP contribution in [-0.2, 0) is 0 Å². The smallest absolute Gasteiger partial charge is 0.275 e. The highest BCUT2D eigenvalue weighted by atomic mass is 16.3. The molecule has 6 heteroatoms. The van der Waals surface area contributed by atoms with Gasteiger partial charge in [0.15, 0.2) is 11.4 Å². The van der Waals surface area contributed by atoms with Gasteiger partial charge in [-0.15, -0.1) is 0 Å². The summed E-state index contributed by atoms with van der Waals surface area (Å²) in [4.78, 5) is 12.2. The number of para-hydroxylation sites is 1. The lowest BCUT2D eigenvalue weighted by molar-refractivity contribution is 0.00585. The molecule has 23 heavy (non-hydrogen) atoms. The van der Waals surface area contributed by atoms with Crippen molar-refractivity contribution in [2.75, 3.05) is 6.54 Å². The molecule has 0 bridgehead atoms. The molecule has 0 spiro atoms. The Bertz CT molecular complexity index is 665. The van der Waals surface area contributed by atoms with Crippen molar-refractivity contribution in [3.63, 3.8) is 0 Å².